The van der Waals surface area contributed by atoms with Gasteiger partial charge in [-0.25, -0.2) is 4.98 Å². The first kappa shape index (κ1) is 17.0. The number of rotatable bonds is 4. The number of carboxylic acid groups (broad SMARTS) is 1. The molecule has 25 heavy (non-hydrogen) atoms. The first-order valence-corrected chi connectivity index (χ1v) is 8.55. The molecule has 1 heterocycles. The Kier molecular flexibility index (Phi) is 4.47. The number of thioether (sulfide) groups is 1. The Balaban J connectivity index is 2.21. The summed E-state index contributed by atoms with van der Waals surface area (Å²) in [6.45, 7) is 3.32. The molecule has 0 bridgehead atoms. The molecule has 0 aliphatic rings. The SMILES string of the molecule is CC(C)(Sc1ncccc1-c1ccc(C#N)c2ccccc12)C(=O)O. The third-order valence-corrected chi connectivity index (χ3v) is 5.18. The van der Waals surface area contributed by atoms with Crippen LogP contribution in [0.3, 0.4) is 0 Å². The van der Waals surface area contributed by atoms with Gasteiger partial charge < -0.3 is 5.11 Å². The van der Waals surface area contributed by atoms with Crippen LogP contribution in [0, 0.1) is 11.3 Å². The molecule has 0 atom stereocenters. The number of hydrogen-bond acceptors (Lipinski definition) is 4. The number of nitrogens with zero attached hydrogens (tertiary/aromatic N) is 2. The van der Waals surface area contributed by atoms with E-state index in [9.17, 15) is 15.2 Å². The number of benzene rings is 2. The summed E-state index contributed by atoms with van der Waals surface area (Å²) in [4.78, 5) is 15.9. The maximum absolute atomic E-state index is 11.5. The molecule has 0 fully saturated rings. The van der Waals surface area contributed by atoms with Crippen molar-refractivity contribution in [3.05, 3.63) is 60.3 Å². The third kappa shape index (κ3) is 3.21. The monoisotopic (exact) mass is 348 g/mol. The second-order valence-electron chi connectivity index (χ2n) is 6.09. The Labute approximate surface area is 150 Å². The minimum absolute atomic E-state index is 0.614. The lowest BCUT2D eigenvalue weighted by Gasteiger charge is -2.20. The number of hydrogen-bond donors (Lipinski definition) is 1. The lowest BCUT2D eigenvalue weighted by molar-refractivity contribution is -0.138. The Morgan fingerprint density at radius 3 is 2.48 bits per heavy atom. The minimum Gasteiger partial charge on any atom is -0.480 e. The molecule has 0 radical (unpaired) electrons. The van der Waals surface area contributed by atoms with E-state index in [2.05, 4.69) is 11.1 Å². The standard InChI is InChI=1S/C20H16N2O2S/c1-20(2,19(23)24)25-18-17(8-5-11-22-18)16-10-9-13(12-21)14-6-3-4-7-15(14)16/h3-11H,1-2H3,(H,23,24). The van der Waals surface area contributed by atoms with Crippen LogP contribution >= 0.6 is 11.8 Å². The highest BCUT2D eigenvalue weighted by Crippen LogP contribution is 2.40. The van der Waals surface area contributed by atoms with Crippen LogP contribution in [0.1, 0.15) is 19.4 Å². The Bertz CT molecular complexity index is 1010. The van der Waals surface area contributed by atoms with Crippen LogP contribution < -0.4 is 0 Å². The van der Waals surface area contributed by atoms with Crippen LogP contribution in [0.5, 0.6) is 0 Å². The van der Waals surface area contributed by atoms with Crippen LogP contribution in [0.25, 0.3) is 21.9 Å². The number of aromatic nitrogens is 1. The van der Waals surface area contributed by atoms with Gasteiger partial charge >= 0.3 is 5.97 Å². The lowest BCUT2D eigenvalue weighted by atomic mass is 9.96. The van der Waals surface area contributed by atoms with Gasteiger partial charge in [-0.3, -0.25) is 4.79 Å². The van der Waals surface area contributed by atoms with E-state index in [1.165, 1.54) is 11.8 Å². The van der Waals surface area contributed by atoms with Gasteiger partial charge in [0.1, 0.15) is 9.77 Å². The maximum Gasteiger partial charge on any atom is 0.319 e. The van der Waals surface area contributed by atoms with Crippen LogP contribution in [0.2, 0.25) is 0 Å². The smallest absolute Gasteiger partial charge is 0.319 e. The fraction of sp³-hybridized carbons (Fsp3) is 0.150. The summed E-state index contributed by atoms with van der Waals surface area (Å²) in [5.74, 6) is -0.890. The predicted molar refractivity (Wildman–Crippen MR) is 99.5 cm³/mol. The fourth-order valence-electron chi connectivity index (χ4n) is 2.59. The van der Waals surface area contributed by atoms with E-state index in [1.807, 2.05) is 42.5 Å². The van der Waals surface area contributed by atoms with Crippen molar-refractivity contribution in [1.82, 2.24) is 4.98 Å². The predicted octanol–water partition coefficient (Wildman–Crippen LogP) is 4.73. The average molecular weight is 348 g/mol. The largest absolute Gasteiger partial charge is 0.480 e. The highest BCUT2D eigenvalue weighted by Gasteiger charge is 2.30. The molecular weight excluding hydrogens is 332 g/mol. The van der Waals surface area contributed by atoms with Gasteiger partial charge in [-0.15, -0.1) is 0 Å². The van der Waals surface area contributed by atoms with Gasteiger partial charge in [0.25, 0.3) is 0 Å². The highest BCUT2D eigenvalue weighted by atomic mass is 32.2. The molecule has 0 aliphatic heterocycles. The molecule has 3 aromatic rings. The average Bonchev–Trinajstić information content (AvgIpc) is 2.61. The summed E-state index contributed by atoms with van der Waals surface area (Å²) in [7, 11) is 0. The van der Waals surface area contributed by atoms with Gasteiger partial charge in [0.05, 0.1) is 11.6 Å². The van der Waals surface area contributed by atoms with Crippen LogP contribution in [0.15, 0.2) is 59.8 Å². The molecule has 0 saturated carbocycles. The second kappa shape index (κ2) is 6.58. The lowest BCUT2D eigenvalue weighted by Crippen LogP contribution is -2.27. The number of nitriles is 1. The first-order chi connectivity index (χ1) is 11.9. The van der Waals surface area contributed by atoms with Crippen molar-refractivity contribution in [1.29, 1.82) is 5.26 Å². The van der Waals surface area contributed by atoms with Gasteiger partial charge in [0.15, 0.2) is 0 Å². The van der Waals surface area contributed by atoms with E-state index in [0.29, 0.717) is 10.6 Å². The van der Waals surface area contributed by atoms with Gasteiger partial charge in [0.2, 0.25) is 0 Å². The molecule has 0 spiro atoms. The summed E-state index contributed by atoms with van der Waals surface area (Å²) in [6.07, 6.45) is 1.66. The zero-order valence-electron chi connectivity index (χ0n) is 13.9. The number of carbonyl (C=O) groups is 1. The maximum atomic E-state index is 11.5. The normalized spacial score (nSPS) is 11.2. The van der Waals surface area contributed by atoms with E-state index >= 15 is 0 Å². The summed E-state index contributed by atoms with van der Waals surface area (Å²) in [6, 6.07) is 17.4. The molecule has 0 saturated heterocycles. The van der Waals surface area contributed by atoms with Crippen LogP contribution in [0.4, 0.5) is 0 Å². The molecule has 4 nitrogen and oxygen atoms in total. The van der Waals surface area contributed by atoms with Crippen molar-refractivity contribution in [3.63, 3.8) is 0 Å². The molecule has 0 amide bonds. The zero-order valence-corrected chi connectivity index (χ0v) is 14.7. The van der Waals surface area contributed by atoms with Gasteiger partial charge in [-0.2, -0.15) is 5.26 Å². The highest BCUT2D eigenvalue weighted by molar-refractivity contribution is 8.01. The molecule has 0 aliphatic carbocycles. The molecule has 124 valence electrons. The molecule has 3 rings (SSSR count). The van der Waals surface area contributed by atoms with E-state index in [1.54, 1.807) is 26.1 Å². The van der Waals surface area contributed by atoms with Crippen molar-refractivity contribution >= 4 is 28.5 Å². The molecule has 0 unspecified atom stereocenters. The van der Waals surface area contributed by atoms with Crippen molar-refractivity contribution in [2.45, 2.75) is 23.6 Å². The molecular formula is C20H16N2O2S. The van der Waals surface area contributed by atoms with Gasteiger partial charge in [-0.05, 0) is 36.9 Å². The van der Waals surface area contributed by atoms with Crippen molar-refractivity contribution < 1.29 is 9.90 Å². The molecule has 2 aromatic carbocycles. The molecule has 5 heteroatoms. The summed E-state index contributed by atoms with van der Waals surface area (Å²) >= 11 is 1.22. The van der Waals surface area contributed by atoms with Gasteiger partial charge in [-0.1, -0.05) is 48.2 Å². The molecule has 1 N–H and O–H groups in total. The summed E-state index contributed by atoms with van der Waals surface area (Å²) in [5.41, 5.74) is 2.41. The fourth-order valence-corrected chi connectivity index (χ4v) is 3.57. The Hall–Kier alpha value is -2.84. The molecule has 1 aromatic heterocycles. The van der Waals surface area contributed by atoms with E-state index in [-0.39, 0.29) is 0 Å². The second-order valence-corrected chi connectivity index (χ2v) is 7.70. The minimum atomic E-state index is -0.995. The van der Waals surface area contributed by atoms with E-state index in [4.69, 9.17) is 0 Å². The number of carboxylic acids is 1. The summed E-state index contributed by atoms with van der Waals surface area (Å²) in [5, 5.41) is 21.2. The quantitative estimate of drug-likeness (QED) is 0.690. The van der Waals surface area contributed by atoms with Crippen molar-refractivity contribution in [2.24, 2.45) is 0 Å². The van der Waals surface area contributed by atoms with Crippen LogP contribution in [-0.2, 0) is 4.79 Å². The third-order valence-electron chi connectivity index (χ3n) is 3.97. The van der Waals surface area contributed by atoms with Gasteiger partial charge in [0, 0.05) is 17.1 Å². The Morgan fingerprint density at radius 2 is 1.80 bits per heavy atom. The Morgan fingerprint density at radius 1 is 1.08 bits per heavy atom. The number of aliphatic carboxylic acids is 1. The van der Waals surface area contributed by atoms with Crippen LogP contribution in [-0.4, -0.2) is 20.8 Å². The van der Waals surface area contributed by atoms with Crippen molar-refractivity contribution in [2.75, 3.05) is 0 Å². The van der Waals surface area contributed by atoms with E-state index < -0.39 is 10.7 Å². The number of fused-ring (bicyclic) bond motifs is 1. The van der Waals surface area contributed by atoms with Crippen molar-refractivity contribution in [3.8, 4) is 17.2 Å². The van der Waals surface area contributed by atoms with E-state index in [0.717, 1.165) is 21.9 Å². The topological polar surface area (TPSA) is 74.0 Å². The zero-order chi connectivity index (χ0) is 18.0. The number of pyridine rings is 1. The first-order valence-electron chi connectivity index (χ1n) is 7.73. The summed E-state index contributed by atoms with van der Waals surface area (Å²) < 4.78 is -0.995.